The maximum atomic E-state index is 14.5. The Balaban J connectivity index is 1.85. The number of sulfone groups is 1. The predicted molar refractivity (Wildman–Crippen MR) is 174 cm³/mol. The summed E-state index contributed by atoms with van der Waals surface area (Å²) in [7, 11) is -3.94. The van der Waals surface area contributed by atoms with Crippen LogP contribution in [0.15, 0.2) is 106 Å². The van der Waals surface area contributed by atoms with E-state index in [1.807, 2.05) is 24.3 Å². The molecule has 0 saturated heterocycles. The van der Waals surface area contributed by atoms with Crippen LogP contribution in [0.5, 0.6) is 0 Å². The summed E-state index contributed by atoms with van der Waals surface area (Å²) < 4.78 is 30.6. The average Bonchev–Trinajstić information content (AvgIpc) is 2.88. The molecule has 0 fully saturated rings. The molecule has 0 radical (unpaired) electrons. The predicted octanol–water partition coefficient (Wildman–Crippen LogP) is 11.4. The van der Waals surface area contributed by atoms with Crippen molar-refractivity contribution in [1.82, 2.24) is 0 Å². The van der Waals surface area contributed by atoms with Gasteiger partial charge in [0, 0.05) is 29.0 Å². The topological polar surface area (TPSA) is 34.1 Å². The molecule has 0 aliphatic rings. The van der Waals surface area contributed by atoms with Crippen molar-refractivity contribution < 1.29 is 8.42 Å². The van der Waals surface area contributed by atoms with E-state index in [1.165, 1.54) is 0 Å². The molecule has 0 aromatic heterocycles. The van der Waals surface area contributed by atoms with Crippen LogP contribution in [-0.4, -0.2) is 8.42 Å². The summed E-state index contributed by atoms with van der Waals surface area (Å²) in [4.78, 5) is 0. The molecule has 2 atom stereocenters. The van der Waals surface area contributed by atoms with Crippen molar-refractivity contribution in [1.29, 1.82) is 0 Å². The first-order chi connectivity index (χ1) is 18.5. The van der Waals surface area contributed by atoms with Gasteiger partial charge in [-0.1, -0.05) is 139 Å². The molecule has 0 amide bonds. The van der Waals surface area contributed by atoms with Crippen molar-refractivity contribution in [2.75, 3.05) is 0 Å². The molecule has 2 unspecified atom stereocenters. The maximum Gasteiger partial charge on any atom is 0.171 e. The Kier molecular flexibility index (Phi) is 10.4. The van der Waals surface area contributed by atoms with Gasteiger partial charge in [-0.2, -0.15) is 0 Å². The first-order valence-electron chi connectivity index (χ1n) is 11.5. The molecule has 39 heavy (non-hydrogen) atoms. The minimum absolute atomic E-state index is 0.493. The number of halogens is 6. The molecular weight excluding hydrogens is 726 g/mol. The van der Waals surface area contributed by atoms with Crippen LogP contribution in [0.1, 0.15) is 32.8 Å². The minimum atomic E-state index is -3.94. The van der Waals surface area contributed by atoms with Gasteiger partial charge in [-0.15, -0.1) is 0 Å². The molecule has 2 nitrogen and oxygen atoms in total. The second-order valence-corrected chi connectivity index (χ2v) is 14.3. The van der Waals surface area contributed by atoms with Crippen molar-refractivity contribution in [3.05, 3.63) is 148 Å². The van der Waals surface area contributed by atoms with Crippen LogP contribution in [-0.2, 0) is 9.84 Å². The van der Waals surface area contributed by atoms with E-state index in [2.05, 4.69) is 31.9 Å². The van der Waals surface area contributed by atoms with Gasteiger partial charge in [0.15, 0.2) is 9.84 Å². The molecule has 0 aliphatic heterocycles. The van der Waals surface area contributed by atoms with Crippen molar-refractivity contribution in [2.24, 2.45) is 0 Å². The third kappa shape index (κ3) is 7.80. The number of rotatable bonds is 8. The van der Waals surface area contributed by atoms with Gasteiger partial charge in [0.1, 0.15) is 10.5 Å². The maximum absolute atomic E-state index is 14.5. The number of hydrogen-bond donors (Lipinski definition) is 0. The molecule has 9 heteroatoms. The van der Waals surface area contributed by atoms with Crippen molar-refractivity contribution in [2.45, 2.75) is 10.5 Å². The molecule has 0 spiro atoms. The third-order valence-corrected chi connectivity index (χ3v) is 10.4. The van der Waals surface area contributed by atoms with Crippen LogP contribution in [0.25, 0.3) is 12.2 Å². The quantitative estimate of drug-likeness (QED) is 0.180. The van der Waals surface area contributed by atoms with Crippen LogP contribution in [0, 0.1) is 0 Å². The van der Waals surface area contributed by atoms with E-state index in [4.69, 9.17) is 46.4 Å². The Morgan fingerprint density at radius 1 is 0.564 bits per heavy atom. The highest BCUT2D eigenvalue weighted by Crippen LogP contribution is 2.38. The zero-order valence-electron chi connectivity index (χ0n) is 20.0. The Morgan fingerprint density at radius 3 is 1.26 bits per heavy atom. The molecule has 200 valence electrons. The standard InChI is InChI=1S/C30H20Br2Cl4O2S/c31-23-9-1-19(27(35)17-23)7-15-29(21-3-11-25(33)12-4-21)39(37,38)30(22-5-13-26(34)14-6-22)16-8-20-2-10-24(32)18-28(20)36/h1-18,29-30H/b15-7+,16-8+. The Labute approximate surface area is 265 Å². The van der Waals surface area contributed by atoms with Gasteiger partial charge in [0.05, 0.1) is 0 Å². The van der Waals surface area contributed by atoms with Crippen molar-refractivity contribution in [3.63, 3.8) is 0 Å². The second kappa shape index (κ2) is 13.4. The van der Waals surface area contributed by atoms with Crippen LogP contribution in [0.2, 0.25) is 20.1 Å². The fourth-order valence-corrected chi connectivity index (χ4v) is 7.65. The molecule has 0 heterocycles. The van der Waals surface area contributed by atoms with E-state index < -0.39 is 20.3 Å². The van der Waals surface area contributed by atoms with E-state index in [0.29, 0.717) is 42.3 Å². The van der Waals surface area contributed by atoms with E-state index in [9.17, 15) is 8.42 Å². The molecule has 0 bridgehead atoms. The van der Waals surface area contributed by atoms with Crippen molar-refractivity contribution in [3.8, 4) is 0 Å². The lowest BCUT2D eigenvalue weighted by molar-refractivity contribution is 0.584. The fraction of sp³-hybridized carbons (Fsp3) is 0.0667. The van der Waals surface area contributed by atoms with Gasteiger partial charge in [0.25, 0.3) is 0 Å². The van der Waals surface area contributed by atoms with Gasteiger partial charge in [-0.3, -0.25) is 0 Å². The second-order valence-electron chi connectivity index (χ2n) is 8.58. The summed E-state index contributed by atoms with van der Waals surface area (Å²) in [5.74, 6) is 0. The Bertz CT molecular complexity index is 1520. The first kappa shape index (κ1) is 30.4. The van der Waals surface area contributed by atoms with Crippen LogP contribution >= 0.6 is 78.3 Å². The highest BCUT2D eigenvalue weighted by Gasteiger charge is 2.33. The average molecular weight is 746 g/mol. The highest BCUT2D eigenvalue weighted by atomic mass is 79.9. The Morgan fingerprint density at radius 2 is 0.923 bits per heavy atom. The van der Waals surface area contributed by atoms with Gasteiger partial charge < -0.3 is 0 Å². The first-order valence-corrected chi connectivity index (χ1v) is 16.3. The van der Waals surface area contributed by atoms with Gasteiger partial charge in [-0.25, -0.2) is 8.42 Å². The lowest BCUT2D eigenvalue weighted by Gasteiger charge is -2.22. The summed E-state index contributed by atoms with van der Waals surface area (Å²) in [5, 5.41) is -0.0260. The van der Waals surface area contributed by atoms with E-state index in [-0.39, 0.29) is 0 Å². The summed E-state index contributed by atoms with van der Waals surface area (Å²) >= 11 is 31.9. The largest absolute Gasteiger partial charge is 0.227 e. The highest BCUT2D eigenvalue weighted by molar-refractivity contribution is 9.10. The van der Waals surface area contributed by atoms with Crippen LogP contribution in [0.3, 0.4) is 0 Å². The molecule has 4 aromatic carbocycles. The van der Waals surface area contributed by atoms with Crippen molar-refractivity contribution >= 4 is 100 Å². The zero-order chi connectivity index (χ0) is 28.2. The lowest BCUT2D eigenvalue weighted by Crippen LogP contribution is -2.19. The fourth-order valence-electron chi connectivity index (χ4n) is 3.94. The molecule has 4 aromatic rings. The molecule has 0 N–H and O–H groups in total. The lowest BCUT2D eigenvalue weighted by atomic mass is 10.1. The van der Waals surface area contributed by atoms with Gasteiger partial charge in [0.2, 0.25) is 0 Å². The van der Waals surface area contributed by atoms with Crippen LogP contribution < -0.4 is 0 Å². The van der Waals surface area contributed by atoms with Gasteiger partial charge in [-0.05, 0) is 70.8 Å². The number of hydrogen-bond acceptors (Lipinski definition) is 2. The third-order valence-electron chi connectivity index (χ3n) is 5.93. The molecule has 4 rings (SSSR count). The Hall–Kier alpha value is -1.57. The number of benzene rings is 4. The molecule has 0 aliphatic carbocycles. The minimum Gasteiger partial charge on any atom is -0.227 e. The summed E-state index contributed by atoms with van der Waals surface area (Å²) in [6.45, 7) is 0. The van der Waals surface area contributed by atoms with Gasteiger partial charge >= 0.3 is 0 Å². The van der Waals surface area contributed by atoms with Crippen LogP contribution in [0.4, 0.5) is 0 Å². The molecule has 0 saturated carbocycles. The SMILES string of the molecule is O=S(=O)(C(/C=C/c1ccc(Br)cc1Cl)c1ccc(Cl)cc1)C(/C=C/c1ccc(Br)cc1Cl)c1ccc(Cl)cc1. The zero-order valence-corrected chi connectivity index (χ0v) is 27.1. The summed E-state index contributed by atoms with van der Waals surface area (Å²) in [5.41, 5.74) is 2.51. The van der Waals surface area contributed by atoms with E-state index in [0.717, 1.165) is 8.95 Å². The normalized spacial score (nSPS) is 13.7. The van der Waals surface area contributed by atoms with E-state index >= 15 is 0 Å². The monoisotopic (exact) mass is 742 g/mol. The molecular formula is C30H20Br2Cl4O2S. The van der Waals surface area contributed by atoms with E-state index in [1.54, 1.807) is 85.0 Å². The smallest absolute Gasteiger partial charge is 0.171 e. The summed E-state index contributed by atoms with van der Waals surface area (Å²) in [6.07, 6.45) is 6.74. The summed E-state index contributed by atoms with van der Waals surface area (Å²) in [6, 6.07) is 24.4.